The van der Waals surface area contributed by atoms with Crippen molar-refractivity contribution in [2.75, 3.05) is 18.4 Å². The van der Waals surface area contributed by atoms with Crippen molar-refractivity contribution >= 4 is 17.5 Å². The Labute approximate surface area is 202 Å². The molecule has 176 valence electrons. The van der Waals surface area contributed by atoms with Gasteiger partial charge < -0.3 is 10.2 Å². The van der Waals surface area contributed by atoms with Crippen LogP contribution in [0.15, 0.2) is 72.8 Å². The zero-order chi connectivity index (χ0) is 23.9. The molecule has 5 nitrogen and oxygen atoms in total. The zero-order valence-electron chi connectivity index (χ0n) is 20.0. The van der Waals surface area contributed by atoms with Crippen LogP contribution in [0.4, 0.5) is 5.69 Å². The van der Waals surface area contributed by atoms with Crippen LogP contribution < -0.4 is 10.6 Å². The van der Waals surface area contributed by atoms with E-state index >= 15 is 0 Å². The summed E-state index contributed by atoms with van der Waals surface area (Å²) in [5.74, 6) is 0.00212. The van der Waals surface area contributed by atoms with Gasteiger partial charge in [-0.2, -0.15) is 0 Å². The average Bonchev–Trinajstić information content (AvgIpc) is 2.85. The van der Waals surface area contributed by atoms with Gasteiger partial charge in [0.05, 0.1) is 0 Å². The Morgan fingerprint density at radius 2 is 1.50 bits per heavy atom. The third-order valence-corrected chi connectivity index (χ3v) is 6.24. The molecule has 5 heteroatoms. The summed E-state index contributed by atoms with van der Waals surface area (Å²) in [6.45, 7) is 6.25. The van der Waals surface area contributed by atoms with Crippen LogP contribution in [0.3, 0.4) is 0 Å². The van der Waals surface area contributed by atoms with Gasteiger partial charge in [0, 0.05) is 30.9 Å². The van der Waals surface area contributed by atoms with Gasteiger partial charge in [-0.1, -0.05) is 48.5 Å². The first-order chi connectivity index (χ1) is 16.5. The van der Waals surface area contributed by atoms with Crippen LogP contribution in [0.2, 0.25) is 0 Å². The molecule has 1 aliphatic heterocycles. The molecule has 4 rings (SSSR count). The number of nitrogens with one attached hydrogen (secondary N) is 2. The van der Waals surface area contributed by atoms with Gasteiger partial charge >= 0.3 is 0 Å². The van der Waals surface area contributed by atoms with E-state index in [2.05, 4.69) is 16.7 Å². The Morgan fingerprint density at radius 3 is 2.15 bits per heavy atom. The minimum Gasteiger partial charge on any atom is -0.339 e. The number of hydrogen-bond acceptors (Lipinski definition) is 3. The Hall–Kier alpha value is -3.44. The highest BCUT2D eigenvalue weighted by atomic mass is 16.2. The SMILES string of the molecule is Cc1cc(C)cc(NC(=O)[C@@H](NCc2ccc(C(=O)N3CCCCC3)cc2)c2ccccc2)c1. The quantitative estimate of drug-likeness (QED) is 0.502. The fraction of sp³-hybridized carbons (Fsp3) is 0.310. The molecular formula is C29H33N3O2. The smallest absolute Gasteiger partial charge is 0.253 e. The highest BCUT2D eigenvalue weighted by molar-refractivity contribution is 5.96. The van der Waals surface area contributed by atoms with Crippen LogP contribution in [0, 0.1) is 13.8 Å². The highest BCUT2D eigenvalue weighted by Crippen LogP contribution is 2.20. The standard InChI is InChI=1S/C29H33N3O2/c1-21-17-22(2)19-26(18-21)31-28(33)27(24-9-5-3-6-10-24)30-20-23-11-13-25(14-12-23)29(34)32-15-7-4-8-16-32/h3,5-6,9-14,17-19,27,30H,4,7-8,15-16,20H2,1-2H3,(H,31,33)/t27-/m0/s1. The van der Waals surface area contributed by atoms with E-state index in [9.17, 15) is 9.59 Å². The first-order valence-electron chi connectivity index (χ1n) is 12.1. The van der Waals surface area contributed by atoms with Gasteiger partial charge in [-0.15, -0.1) is 0 Å². The molecule has 0 aromatic heterocycles. The van der Waals surface area contributed by atoms with Crippen molar-refractivity contribution in [1.82, 2.24) is 10.2 Å². The van der Waals surface area contributed by atoms with Crippen LogP contribution in [0.5, 0.6) is 0 Å². The van der Waals surface area contributed by atoms with E-state index in [0.29, 0.717) is 6.54 Å². The van der Waals surface area contributed by atoms with Gasteiger partial charge in [0.2, 0.25) is 5.91 Å². The molecule has 0 bridgehead atoms. The molecule has 1 saturated heterocycles. The Morgan fingerprint density at radius 1 is 0.853 bits per heavy atom. The van der Waals surface area contributed by atoms with Crippen molar-refractivity contribution < 1.29 is 9.59 Å². The summed E-state index contributed by atoms with van der Waals surface area (Å²) in [4.78, 5) is 27.9. The topological polar surface area (TPSA) is 61.4 Å². The normalized spacial score (nSPS) is 14.5. The largest absolute Gasteiger partial charge is 0.339 e. The molecule has 0 radical (unpaired) electrons. The highest BCUT2D eigenvalue weighted by Gasteiger charge is 2.21. The number of hydrogen-bond donors (Lipinski definition) is 2. The van der Waals surface area contributed by atoms with Gasteiger partial charge in [-0.25, -0.2) is 0 Å². The number of aryl methyl sites for hydroxylation is 2. The van der Waals surface area contributed by atoms with Gasteiger partial charge in [-0.05, 0) is 79.6 Å². The van der Waals surface area contributed by atoms with Gasteiger partial charge in [0.1, 0.15) is 6.04 Å². The van der Waals surface area contributed by atoms with E-state index in [1.807, 2.05) is 85.5 Å². The zero-order valence-corrected chi connectivity index (χ0v) is 20.0. The van der Waals surface area contributed by atoms with Crippen molar-refractivity contribution in [1.29, 1.82) is 0 Å². The Kier molecular flexibility index (Phi) is 7.76. The summed E-state index contributed by atoms with van der Waals surface area (Å²) in [6, 6.07) is 23.0. The van der Waals surface area contributed by atoms with E-state index in [-0.39, 0.29) is 11.8 Å². The van der Waals surface area contributed by atoms with Crippen LogP contribution in [-0.4, -0.2) is 29.8 Å². The number of likely N-dealkylation sites (tertiary alicyclic amines) is 1. The predicted molar refractivity (Wildman–Crippen MR) is 137 cm³/mol. The minimum atomic E-state index is -0.503. The fourth-order valence-electron chi connectivity index (χ4n) is 4.53. The van der Waals surface area contributed by atoms with E-state index in [1.54, 1.807) is 0 Å². The number of anilines is 1. The van der Waals surface area contributed by atoms with E-state index in [0.717, 1.165) is 59.4 Å². The number of amides is 2. The van der Waals surface area contributed by atoms with E-state index < -0.39 is 6.04 Å². The maximum Gasteiger partial charge on any atom is 0.253 e. The molecule has 0 spiro atoms. The lowest BCUT2D eigenvalue weighted by Gasteiger charge is -2.26. The molecule has 1 aliphatic rings. The fourth-order valence-corrected chi connectivity index (χ4v) is 4.53. The molecule has 2 amide bonds. The molecule has 0 unspecified atom stereocenters. The number of carbonyl (C=O) groups excluding carboxylic acids is 2. The molecule has 3 aromatic rings. The second-order valence-corrected chi connectivity index (χ2v) is 9.14. The summed E-state index contributed by atoms with van der Waals surface area (Å²) < 4.78 is 0. The van der Waals surface area contributed by atoms with Crippen molar-refractivity contribution in [3.8, 4) is 0 Å². The van der Waals surface area contributed by atoms with Crippen LogP contribution in [0.25, 0.3) is 0 Å². The van der Waals surface area contributed by atoms with Gasteiger partial charge in [-0.3, -0.25) is 14.9 Å². The summed E-state index contributed by atoms with van der Waals surface area (Å²) in [6.07, 6.45) is 3.37. The molecule has 0 saturated carbocycles. The van der Waals surface area contributed by atoms with Crippen molar-refractivity contribution in [2.24, 2.45) is 0 Å². The van der Waals surface area contributed by atoms with Gasteiger partial charge in [0.25, 0.3) is 5.91 Å². The Bertz CT molecular complexity index is 1100. The molecular weight excluding hydrogens is 422 g/mol. The maximum absolute atomic E-state index is 13.3. The number of piperidine rings is 1. The second-order valence-electron chi connectivity index (χ2n) is 9.14. The number of rotatable bonds is 7. The first-order valence-corrected chi connectivity index (χ1v) is 12.1. The lowest BCUT2D eigenvalue weighted by Crippen LogP contribution is -2.35. The van der Waals surface area contributed by atoms with Crippen molar-refractivity contribution in [3.05, 3.63) is 101 Å². The van der Waals surface area contributed by atoms with Crippen molar-refractivity contribution in [2.45, 2.75) is 45.7 Å². The van der Waals surface area contributed by atoms with Crippen LogP contribution >= 0.6 is 0 Å². The summed E-state index contributed by atoms with van der Waals surface area (Å²) in [7, 11) is 0. The lowest BCUT2D eigenvalue weighted by atomic mass is 10.0. The Balaban J connectivity index is 1.44. The number of benzene rings is 3. The first kappa shape index (κ1) is 23.7. The van der Waals surface area contributed by atoms with E-state index in [1.165, 1.54) is 6.42 Å². The predicted octanol–water partition coefficient (Wildman–Crippen LogP) is 5.40. The number of carbonyl (C=O) groups is 2. The molecule has 1 heterocycles. The van der Waals surface area contributed by atoms with Crippen LogP contribution in [-0.2, 0) is 11.3 Å². The monoisotopic (exact) mass is 455 g/mol. The molecule has 1 fully saturated rings. The van der Waals surface area contributed by atoms with Gasteiger partial charge in [0.15, 0.2) is 0 Å². The number of nitrogens with zero attached hydrogens (tertiary/aromatic N) is 1. The molecule has 34 heavy (non-hydrogen) atoms. The molecule has 1 atom stereocenters. The second kappa shape index (κ2) is 11.1. The van der Waals surface area contributed by atoms with E-state index in [4.69, 9.17) is 0 Å². The third-order valence-electron chi connectivity index (χ3n) is 6.24. The molecule has 3 aromatic carbocycles. The van der Waals surface area contributed by atoms with Crippen molar-refractivity contribution in [3.63, 3.8) is 0 Å². The summed E-state index contributed by atoms with van der Waals surface area (Å²) in [5.41, 5.74) is 5.66. The minimum absolute atomic E-state index is 0.104. The molecule has 0 aliphatic carbocycles. The average molecular weight is 456 g/mol. The molecule has 2 N–H and O–H groups in total. The summed E-state index contributed by atoms with van der Waals surface area (Å²) in [5, 5.41) is 6.47. The van der Waals surface area contributed by atoms with Crippen LogP contribution in [0.1, 0.15) is 57.9 Å². The maximum atomic E-state index is 13.3. The summed E-state index contributed by atoms with van der Waals surface area (Å²) >= 11 is 0. The lowest BCUT2D eigenvalue weighted by molar-refractivity contribution is -0.118. The third kappa shape index (κ3) is 6.12.